The van der Waals surface area contributed by atoms with Crippen LogP contribution in [0.1, 0.15) is 20.7 Å². The minimum Gasteiger partial charge on any atom is -0.496 e. The molecular weight excluding hydrogens is 273 g/mol. The number of ketones is 1. The van der Waals surface area contributed by atoms with Crippen LogP contribution in [0.5, 0.6) is 5.75 Å². The van der Waals surface area contributed by atoms with Crippen molar-refractivity contribution < 1.29 is 18.7 Å². The molecule has 1 N–H and O–H groups in total. The molecule has 0 atom stereocenters. The number of nitrogens with one attached hydrogen (secondary N) is 1. The molecule has 0 aliphatic heterocycles. The zero-order chi connectivity index (χ0) is 15.2. The SMILES string of the molecule is COc1cccc(F)c1C(=O)NCC(=O)c1ccccc1. The Morgan fingerprint density at radius 1 is 1.10 bits per heavy atom. The number of methoxy groups -OCH3 is 1. The first-order valence-electron chi connectivity index (χ1n) is 6.32. The molecule has 108 valence electrons. The quantitative estimate of drug-likeness (QED) is 0.859. The second-order valence-corrected chi connectivity index (χ2v) is 4.29. The number of ether oxygens (including phenoxy) is 1. The molecule has 0 aliphatic rings. The molecule has 0 unspecified atom stereocenters. The fourth-order valence-corrected chi connectivity index (χ4v) is 1.87. The second-order valence-electron chi connectivity index (χ2n) is 4.29. The minimum absolute atomic E-state index is 0.125. The van der Waals surface area contributed by atoms with Gasteiger partial charge >= 0.3 is 0 Å². The van der Waals surface area contributed by atoms with Gasteiger partial charge in [0.1, 0.15) is 17.1 Å². The summed E-state index contributed by atoms with van der Waals surface area (Å²) in [5.41, 5.74) is 0.277. The third-order valence-corrected chi connectivity index (χ3v) is 2.93. The van der Waals surface area contributed by atoms with E-state index in [2.05, 4.69) is 5.32 Å². The summed E-state index contributed by atoms with van der Waals surface area (Å²) in [5, 5.41) is 2.40. The fraction of sp³-hybridized carbons (Fsp3) is 0.125. The van der Waals surface area contributed by atoms with Crippen LogP contribution in [0.15, 0.2) is 48.5 Å². The molecule has 0 spiro atoms. The molecule has 2 rings (SSSR count). The first-order valence-corrected chi connectivity index (χ1v) is 6.32. The topological polar surface area (TPSA) is 55.4 Å². The minimum atomic E-state index is -0.695. The number of carbonyl (C=O) groups excluding carboxylic acids is 2. The molecule has 4 nitrogen and oxygen atoms in total. The molecule has 2 aromatic rings. The highest BCUT2D eigenvalue weighted by molar-refractivity contribution is 6.03. The Labute approximate surface area is 121 Å². The number of halogens is 1. The molecule has 0 saturated carbocycles. The van der Waals surface area contributed by atoms with Gasteiger partial charge in [-0.05, 0) is 12.1 Å². The third-order valence-electron chi connectivity index (χ3n) is 2.93. The Balaban J connectivity index is 2.08. The van der Waals surface area contributed by atoms with E-state index in [4.69, 9.17) is 4.74 Å². The van der Waals surface area contributed by atoms with Crippen LogP contribution in [0.2, 0.25) is 0 Å². The fourth-order valence-electron chi connectivity index (χ4n) is 1.87. The Hall–Kier alpha value is -2.69. The summed E-state index contributed by atoms with van der Waals surface area (Å²) < 4.78 is 18.7. The molecule has 5 heteroatoms. The van der Waals surface area contributed by atoms with Gasteiger partial charge in [-0.25, -0.2) is 4.39 Å². The van der Waals surface area contributed by atoms with E-state index in [0.29, 0.717) is 5.56 Å². The van der Waals surface area contributed by atoms with Gasteiger partial charge in [0, 0.05) is 5.56 Å². The van der Waals surface area contributed by atoms with Gasteiger partial charge in [0.05, 0.1) is 13.7 Å². The van der Waals surface area contributed by atoms with Crippen molar-refractivity contribution in [1.29, 1.82) is 0 Å². The van der Waals surface area contributed by atoms with Gasteiger partial charge in [-0.3, -0.25) is 9.59 Å². The highest BCUT2D eigenvalue weighted by Gasteiger charge is 2.18. The third kappa shape index (κ3) is 3.45. The summed E-state index contributed by atoms with van der Waals surface area (Å²) in [6.45, 7) is -0.208. The molecule has 0 bridgehead atoms. The van der Waals surface area contributed by atoms with Crippen LogP contribution < -0.4 is 10.1 Å². The Morgan fingerprint density at radius 2 is 1.81 bits per heavy atom. The normalized spacial score (nSPS) is 10.0. The molecule has 1 amide bonds. The molecule has 0 aliphatic carbocycles. The number of hydrogen-bond acceptors (Lipinski definition) is 3. The van der Waals surface area contributed by atoms with Gasteiger partial charge < -0.3 is 10.1 Å². The predicted molar refractivity (Wildman–Crippen MR) is 76.1 cm³/mol. The van der Waals surface area contributed by atoms with Gasteiger partial charge in [0.2, 0.25) is 0 Å². The predicted octanol–water partition coefficient (Wildman–Crippen LogP) is 2.45. The smallest absolute Gasteiger partial charge is 0.258 e. The van der Waals surface area contributed by atoms with E-state index < -0.39 is 11.7 Å². The van der Waals surface area contributed by atoms with Crippen LogP contribution >= 0.6 is 0 Å². The van der Waals surface area contributed by atoms with E-state index >= 15 is 0 Å². The number of carbonyl (C=O) groups is 2. The average Bonchev–Trinajstić information content (AvgIpc) is 2.52. The van der Waals surface area contributed by atoms with E-state index in [-0.39, 0.29) is 23.6 Å². The second kappa shape index (κ2) is 6.65. The van der Waals surface area contributed by atoms with E-state index in [9.17, 15) is 14.0 Å². The van der Waals surface area contributed by atoms with Crippen molar-refractivity contribution in [2.75, 3.05) is 13.7 Å². The molecular formula is C16H14FNO3. The molecule has 0 aromatic heterocycles. The molecule has 0 heterocycles. The van der Waals surface area contributed by atoms with Crippen LogP contribution in [-0.2, 0) is 0 Å². The maximum atomic E-state index is 13.7. The number of amides is 1. The van der Waals surface area contributed by atoms with Crippen molar-refractivity contribution in [2.24, 2.45) is 0 Å². The molecule has 0 fully saturated rings. The van der Waals surface area contributed by atoms with Crippen molar-refractivity contribution >= 4 is 11.7 Å². The van der Waals surface area contributed by atoms with E-state index in [1.165, 1.54) is 19.2 Å². The van der Waals surface area contributed by atoms with Crippen LogP contribution in [0, 0.1) is 5.82 Å². The number of hydrogen-bond donors (Lipinski definition) is 1. The van der Waals surface area contributed by atoms with E-state index in [1.54, 1.807) is 30.3 Å². The maximum absolute atomic E-state index is 13.7. The first-order chi connectivity index (χ1) is 10.1. The zero-order valence-corrected chi connectivity index (χ0v) is 11.4. The van der Waals surface area contributed by atoms with Crippen LogP contribution in [0.4, 0.5) is 4.39 Å². The Bertz CT molecular complexity index is 656. The Morgan fingerprint density at radius 3 is 2.48 bits per heavy atom. The van der Waals surface area contributed by atoms with Gasteiger partial charge in [0.15, 0.2) is 5.78 Å². The van der Waals surface area contributed by atoms with Crippen molar-refractivity contribution in [3.63, 3.8) is 0 Å². The lowest BCUT2D eigenvalue weighted by Crippen LogP contribution is -2.30. The molecule has 2 aromatic carbocycles. The molecule has 0 saturated heterocycles. The maximum Gasteiger partial charge on any atom is 0.258 e. The monoisotopic (exact) mass is 287 g/mol. The summed E-state index contributed by atoms with van der Waals surface area (Å²) in [6.07, 6.45) is 0. The van der Waals surface area contributed by atoms with Crippen LogP contribution in [-0.4, -0.2) is 25.3 Å². The van der Waals surface area contributed by atoms with Crippen molar-refractivity contribution in [3.8, 4) is 5.75 Å². The zero-order valence-electron chi connectivity index (χ0n) is 11.4. The lowest BCUT2D eigenvalue weighted by molar-refractivity contribution is 0.0899. The summed E-state index contributed by atoms with van der Waals surface area (Å²) >= 11 is 0. The number of benzene rings is 2. The van der Waals surface area contributed by atoms with Crippen molar-refractivity contribution in [3.05, 3.63) is 65.5 Å². The lowest BCUT2D eigenvalue weighted by Gasteiger charge is -2.09. The van der Waals surface area contributed by atoms with Crippen molar-refractivity contribution in [2.45, 2.75) is 0 Å². The van der Waals surface area contributed by atoms with Gasteiger partial charge in [-0.15, -0.1) is 0 Å². The van der Waals surface area contributed by atoms with Gasteiger partial charge in [0.25, 0.3) is 5.91 Å². The summed E-state index contributed by atoms with van der Waals surface area (Å²) in [4.78, 5) is 23.9. The largest absolute Gasteiger partial charge is 0.496 e. The van der Waals surface area contributed by atoms with Gasteiger partial charge in [-0.1, -0.05) is 36.4 Å². The lowest BCUT2D eigenvalue weighted by atomic mass is 10.1. The average molecular weight is 287 g/mol. The highest BCUT2D eigenvalue weighted by Crippen LogP contribution is 2.20. The van der Waals surface area contributed by atoms with E-state index in [0.717, 1.165) is 6.07 Å². The van der Waals surface area contributed by atoms with E-state index in [1.807, 2.05) is 0 Å². The molecule has 21 heavy (non-hydrogen) atoms. The van der Waals surface area contributed by atoms with Gasteiger partial charge in [-0.2, -0.15) is 0 Å². The summed E-state index contributed by atoms with van der Waals surface area (Å²) in [6, 6.07) is 12.6. The summed E-state index contributed by atoms with van der Waals surface area (Å²) in [7, 11) is 1.35. The number of Topliss-reactive ketones (excluding diaryl/α,β-unsaturated/α-hetero) is 1. The van der Waals surface area contributed by atoms with Crippen molar-refractivity contribution in [1.82, 2.24) is 5.32 Å². The van der Waals surface area contributed by atoms with Crippen LogP contribution in [0.25, 0.3) is 0 Å². The Kier molecular flexibility index (Phi) is 4.66. The van der Waals surface area contributed by atoms with Crippen LogP contribution in [0.3, 0.4) is 0 Å². The standard InChI is InChI=1S/C16H14FNO3/c1-21-14-9-5-8-12(17)15(14)16(20)18-10-13(19)11-6-3-2-4-7-11/h2-9H,10H2,1H3,(H,18,20). The molecule has 0 radical (unpaired) electrons. The summed E-state index contributed by atoms with van der Waals surface area (Å²) in [5.74, 6) is -1.51. The first kappa shape index (κ1) is 14.7. The number of rotatable bonds is 5. The highest BCUT2D eigenvalue weighted by atomic mass is 19.1.